The Labute approximate surface area is 98.0 Å². The van der Waals surface area contributed by atoms with Gasteiger partial charge in [-0.15, -0.1) is 0 Å². The van der Waals surface area contributed by atoms with Gasteiger partial charge in [-0.2, -0.15) is 26.3 Å². The maximum Gasteiger partial charge on any atom is 0.378 e. The molecule has 2 aliphatic carbocycles. The molecule has 0 spiro atoms. The number of ketones is 1. The van der Waals surface area contributed by atoms with E-state index in [-0.39, 0.29) is 12.8 Å². The summed E-state index contributed by atoms with van der Waals surface area (Å²) in [6, 6.07) is 0. The van der Waals surface area contributed by atoms with Gasteiger partial charge in [0.15, 0.2) is 0 Å². The summed E-state index contributed by atoms with van der Waals surface area (Å²) in [5, 5.41) is 9.40. The highest BCUT2D eigenvalue weighted by Gasteiger charge is 3.00. The zero-order valence-electron chi connectivity index (χ0n) is 9.03. The van der Waals surface area contributed by atoms with E-state index >= 15 is 0 Å². The molecule has 0 aromatic carbocycles. The largest absolute Gasteiger partial charge is 0.378 e. The van der Waals surface area contributed by atoms with Crippen LogP contribution in [-0.4, -0.2) is 34.3 Å². The average Bonchev–Trinajstić information content (AvgIpc) is 2.27. The number of Topliss-reactive ketones (excluding diaryl/α,β-unsaturated/α-hetero) is 1. The molecule has 18 heavy (non-hydrogen) atoms. The summed E-state index contributed by atoms with van der Waals surface area (Å²) in [6.45, 7) is 0. The van der Waals surface area contributed by atoms with Crippen molar-refractivity contribution < 1.29 is 36.2 Å². The van der Waals surface area contributed by atoms with Gasteiger partial charge in [0.05, 0.1) is 5.92 Å². The Morgan fingerprint density at radius 3 is 1.89 bits per heavy atom. The molecule has 1 N–H and O–H groups in total. The fraction of sp³-hybridized carbons (Fsp3) is 0.900. The second-order valence-corrected chi connectivity index (χ2v) is 4.75. The molecule has 8 heteroatoms. The monoisotopic (exact) mass is 276 g/mol. The van der Waals surface area contributed by atoms with Gasteiger partial charge in [0.25, 0.3) is 0 Å². The zero-order chi connectivity index (χ0) is 14.0. The van der Waals surface area contributed by atoms with E-state index in [9.17, 15) is 36.2 Å². The van der Waals surface area contributed by atoms with Gasteiger partial charge in [0, 0.05) is 6.42 Å². The number of rotatable bonds is 1. The summed E-state index contributed by atoms with van der Waals surface area (Å²) < 4.78 is 78.1. The lowest BCUT2D eigenvalue weighted by Crippen LogP contribution is -2.88. The summed E-state index contributed by atoms with van der Waals surface area (Å²) in [7, 11) is 0. The molecule has 2 rings (SSSR count). The normalized spacial score (nSPS) is 35.9. The summed E-state index contributed by atoms with van der Waals surface area (Å²) in [5.74, 6) is -19.4. The van der Waals surface area contributed by atoms with Crippen molar-refractivity contribution in [2.24, 2.45) is 5.92 Å². The second kappa shape index (κ2) is 3.40. The molecule has 0 bridgehead atoms. The van der Waals surface area contributed by atoms with E-state index in [1.54, 1.807) is 0 Å². The van der Waals surface area contributed by atoms with Crippen LogP contribution in [0.2, 0.25) is 0 Å². The standard InChI is InChI=1S/C10H10F6O2/c11-8(12)7(18,9(13,14)10(8,15)16)5-3-1-2-4-6(5)17/h5,18H,1-4H2. The Kier molecular flexibility index (Phi) is 2.58. The van der Waals surface area contributed by atoms with Crippen LogP contribution in [0.3, 0.4) is 0 Å². The molecule has 2 aliphatic rings. The van der Waals surface area contributed by atoms with Gasteiger partial charge in [0.2, 0.25) is 5.60 Å². The van der Waals surface area contributed by atoms with Crippen LogP contribution in [0.4, 0.5) is 26.3 Å². The van der Waals surface area contributed by atoms with E-state index in [4.69, 9.17) is 0 Å². The van der Waals surface area contributed by atoms with E-state index in [1.807, 2.05) is 0 Å². The summed E-state index contributed by atoms with van der Waals surface area (Å²) >= 11 is 0. The molecule has 0 aliphatic heterocycles. The number of halogens is 6. The molecule has 0 aromatic rings. The smallest absolute Gasteiger partial charge is 0.377 e. The minimum Gasteiger partial charge on any atom is -0.377 e. The first-order valence-electron chi connectivity index (χ1n) is 5.40. The fourth-order valence-corrected chi connectivity index (χ4v) is 2.67. The fourth-order valence-electron chi connectivity index (χ4n) is 2.67. The number of carbonyl (C=O) groups is 1. The average molecular weight is 276 g/mol. The highest BCUT2D eigenvalue weighted by molar-refractivity contribution is 5.83. The van der Waals surface area contributed by atoms with Crippen molar-refractivity contribution in [3.63, 3.8) is 0 Å². The number of alkyl halides is 6. The predicted octanol–water partition coefficient (Wildman–Crippen LogP) is 2.40. The Hall–Kier alpha value is -0.790. The molecular formula is C10H10F6O2. The second-order valence-electron chi connectivity index (χ2n) is 4.75. The zero-order valence-corrected chi connectivity index (χ0v) is 9.03. The van der Waals surface area contributed by atoms with Crippen molar-refractivity contribution in [3.05, 3.63) is 0 Å². The molecule has 1 unspecified atom stereocenters. The summed E-state index contributed by atoms with van der Waals surface area (Å²) in [4.78, 5) is 11.3. The van der Waals surface area contributed by atoms with Crippen LogP contribution in [0.25, 0.3) is 0 Å². The molecule has 0 amide bonds. The van der Waals surface area contributed by atoms with Gasteiger partial charge in [-0.3, -0.25) is 4.79 Å². The Bertz CT molecular complexity index is 374. The van der Waals surface area contributed by atoms with Crippen LogP contribution < -0.4 is 0 Å². The van der Waals surface area contributed by atoms with Crippen molar-refractivity contribution in [3.8, 4) is 0 Å². The van der Waals surface area contributed by atoms with Crippen LogP contribution >= 0.6 is 0 Å². The first-order chi connectivity index (χ1) is 8.02. The molecule has 2 nitrogen and oxygen atoms in total. The van der Waals surface area contributed by atoms with E-state index in [1.165, 1.54) is 0 Å². The number of hydrogen-bond acceptors (Lipinski definition) is 2. The third kappa shape index (κ3) is 1.13. The van der Waals surface area contributed by atoms with Crippen molar-refractivity contribution in [2.75, 3.05) is 0 Å². The summed E-state index contributed by atoms with van der Waals surface area (Å²) in [6.07, 6.45) is -0.212. The Balaban J connectivity index is 2.44. The van der Waals surface area contributed by atoms with Gasteiger partial charge in [-0.05, 0) is 12.8 Å². The van der Waals surface area contributed by atoms with Crippen LogP contribution in [0.15, 0.2) is 0 Å². The molecule has 0 heterocycles. The lowest BCUT2D eigenvalue weighted by atomic mass is 9.58. The first-order valence-corrected chi connectivity index (χ1v) is 5.40. The highest BCUT2D eigenvalue weighted by atomic mass is 19.4. The van der Waals surface area contributed by atoms with Crippen LogP contribution in [0.5, 0.6) is 0 Å². The molecule has 0 saturated heterocycles. The molecule has 0 radical (unpaired) electrons. The number of hydrogen-bond donors (Lipinski definition) is 1. The van der Waals surface area contributed by atoms with Gasteiger partial charge in [-0.1, -0.05) is 6.42 Å². The van der Waals surface area contributed by atoms with E-state index < -0.39 is 41.5 Å². The van der Waals surface area contributed by atoms with E-state index in [0.29, 0.717) is 6.42 Å². The van der Waals surface area contributed by atoms with Crippen molar-refractivity contribution in [2.45, 2.75) is 49.1 Å². The van der Waals surface area contributed by atoms with Gasteiger partial charge < -0.3 is 5.11 Å². The minimum atomic E-state index is -5.63. The molecule has 104 valence electrons. The molecule has 0 aromatic heterocycles. The third-order valence-electron chi connectivity index (χ3n) is 3.80. The quantitative estimate of drug-likeness (QED) is 0.747. The third-order valence-corrected chi connectivity index (χ3v) is 3.80. The van der Waals surface area contributed by atoms with Crippen molar-refractivity contribution in [1.29, 1.82) is 0 Å². The predicted molar refractivity (Wildman–Crippen MR) is 46.8 cm³/mol. The van der Waals surface area contributed by atoms with Crippen molar-refractivity contribution in [1.82, 2.24) is 0 Å². The lowest BCUT2D eigenvalue weighted by molar-refractivity contribution is -0.498. The van der Waals surface area contributed by atoms with E-state index in [2.05, 4.69) is 0 Å². The molecule has 2 fully saturated rings. The SMILES string of the molecule is O=C1CCCCC1C1(O)C(F)(F)C(F)(F)C1(F)F. The van der Waals surface area contributed by atoms with E-state index in [0.717, 1.165) is 0 Å². The van der Waals surface area contributed by atoms with Gasteiger partial charge in [-0.25, -0.2) is 0 Å². The van der Waals surface area contributed by atoms with Crippen molar-refractivity contribution >= 4 is 5.78 Å². The maximum atomic E-state index is 13.2. The Morgan fingerprint density at radius 1 is 0.944 bits per heavy atom. The number of aliphatic hydroxyl groups is 1. The minimum absolute atomic E-state index is 0.163. The van der Waals surface area contributed by atoms with Crippen LogP contribution in [0, 0.1) is 5.92 Å². The van der Waals surface area contributed by atoms with Crippen LogP contribution in [0.1, 0.15) is 25.7 Å². The topological polar surface area (TPSA) is 37.3 Å². The molecular weight excluding hydrogens is 266 g/mol. The highest BCUT2D eigenvalue weighted by Crippen LogP contribution is 2.69. The lowest BCUT2D eigenvalue weighted by Gasteiger charge is -2.58. The maximum absolute atomic E-state index is 13.2. The first kappa shape index (κ1) is 13.6. The van der Waals surface area contributed by atoms with Gasteiger partial charge in [0.1, 0.15) is 5.78 Å². The molecule has 1 atom stereocenters. The van der Waals surface area contributed by atoms with Gasteiger partial charge >= 0.3 is 17.8 Å². The molecule has 2 saturated carbocycles. The summed E-state index contributed by atoms with van der Waals surface area (Å²) in [5.41, 5.74) is -4.28. The Morgan fingerprint density at radius 2 is 1.44 bits per heavy atom. The number of carbonyl (C=O) groups excluding carboxylic acids is 1. The van der Waals surface area contributed by atoms with Crippen LogP contribution in [-0.2, 0) is 4.79 Å².